The highest BCUT2D eigenvalue weighted by atomic mass is 32.1. The van der Waals surface area contributed by atoms with Gasteiger partial charge in [-0.05, 0) is 12.1 Å². The summed E-state index contributed by atoms with van der Waals surface area (Å²) in [5.74, 6) is -3.32. The highest BCUT2D eigenvalue weighted by Gasteiger charge is 2.42. The van der Waals surface area contributed by atoms with Crippen molar-refractivity contribution in [3.63, 3.8) is 0 Å². The van der Waals surface area contributed by atoms with Crippen LogP contribution in [-0.2, 0) is 11.0 Å². The maximum atomic E-state index is 12.7. The molecular formula is C13H5F3N2O4S. The van der Waals surface area contributed by atoms with Gasteiger partial charge in [-0.3, -0.25) is 9.59 Å². The van der Waals surface area contributed by atoms with Crippen LogP contribution in [0, 0.1) is 0 Å². The predicted molar refractivity (Wildman–Crippen MR) is 69.5 cm³/mol. The molecule has 3 rings (SSSR count). The van der Waals surface area contributed by atoms with Gasteiger partial charge in [0, 0.05) is 0 Å². The van der Waals surface area contributed by atoms with Crippen molar-refractivity contribution in [2.45, 2.75) is 6.18 Å². The molecule has 2 aromatic rings. The van der Waals surface area contributed by atoms with Crippen molar-refractivity contribution in [3.05, 3.63) is 51.5 Å². The van der Waals surface area contributed by atoms with Crippen LogP contribution >= 0.6 is 11.3 Å². The first-order chi connectivity index (χ1) is 10.8. The van der Waals surface area contributed by atoms with Gasteiger partial charge >= 0.3 is 12.1 Å². The molecule has 10 heteroatoms. The maximum Gasteiger partial charge on any atom is 0.435 e. The van der Waals surface area contributed by atoms with Gasteiger partial charge in [-0.15, -0.1) is 11.3 Å². The van der Waals surface area contributed by atoms with Crippen LogP contribution in [0.1, 0.15) is 36.1 Å². The minimum atomic E-state index is -4.85. The summed E-state index contributed by atoms with van der Waals surface area (Å²) < 4.78 is 38.1. The number of imide groups is 1. The Kier molecular flexibility index (Phi) is 3.40. The third-order valence-corrected chi connectivity index (χ3v) is 3.76. The Balaban J connectivity index is 1.87. The zero-order chi connectivity index (χ0) is 16.8. The zero-order valence-corrected chi connectivity index (χ0v) is 11.8. The van der Waals surface area contributed by atoms with E-state index < -0.39 is 34.5 Å². The Morgan fingerprint density at radius 3 is 2.22 bits per heavy atom. The molecule has 0 aliphatic carbocycles. The molecule has 0 unspecified atom stereocenters. The molecule has 0 radical (unpaired) electrons. The van der Waals surface area contributed by atoms with Crippen molar-refractivity contribution in [3.8, 4) is 0 Å². The summed E-state index contributed by atoms with van der Waals surface area (Å²) in [6.45, 7) is 0. The number of alkyl halides is 3. The number of halogens is 3. The Hall–Kier alpha value is -2.75. The summed E-state index contributed by atoms with van der Waals surface area (Å²) in [7, 11) is 0. The molecular weight excluding hydrogens is 337 g/mol. The van der Waals surface area contributed by atoms with Crippen LogP contribution in [0.25, 0.3) is 0 Å². The van der Waals surface area contributed by atoms with Crippen LogP contribution < -0.4 is 0 Å². The Morgan fingerprint density at radius 1 is 1.13 bits per heavy atom. The molecule has 0 saturated carbocycles. The van der Waals surface area contributed by atoms with E-state index in [2.05, 4.69) is 9.82 Å². The van der Waals surface area contributed by atoms with Crippen LogP contribution in [-0.4, -0.2) is 27.8 Å². The third-order valence-electron chi connectivity index (χ3n) is 2.95. The average Bonchev–Trinajstić information content (AvgIpc) is 3.08. The second kappa shape index (κ2) is 5.16. The largest absolute Gasteiger partial charge is 0.435 e. The summed E-state index contributed by atoms with van der Waals surface area (Å²) in [6.07, 6.45) is -4.85. The predicted octanol–water partition coefficient (Wildman–Crippen LogP) is 2.53. The Morgan fingerprint density at radius 2 is 1.70 bits per heavy atom. The molecule has 0 N–H and O–H groups in total. The number of nitrogens with zero attached hydrogens (tertiary/aromatic N) is 2. The molecule has 0 saturated heterocycles. The summed E-state index contributed by atoms with van der Waals surface area (Å²) in [5.41, 5.74) is -0.595. The molecule has 1 aliphatic rings. The highest BCUT2D eigenvalue weighted by molar-refractivity contribution is 7.11. The smallest absolute Gasteiger partial charge is 0.323 e. The number of rotatable bonds is 2. The molecule has 23 heavy (non-hydrogen) atoms. The zero-order valence-electron chi connectivity index (χ0n) is 11.0. The molecule has 2 amide bonds. The van der Waals surface area contributed by atoms with E-state index in [9.17, 15) is 27.6 Å². The monoisotopic (exact) mass is 342 g/mol. The number of carbonyl (C=O) groups is 3. The van der Waals surface area contributed by atoms with E-state index in [1.54, 1.807) is 0 Å². The lowest BCUT2D eigenvalue weighted by Crippen LogP contribution is -2.33. The number of thiazole rings is 1. The van der Waals surface area contributed by atoms with E-state index in [0.29, 0.717) is 11.3 Å². The summed E-state index contributed by atoms with van der Waals surface area (Å²) in [6, 6.07) is 5.69. The number of carbonyl (C=O) groups excluding carboxylic acids is 3. The van der Waals surface area contributed by atoms with Crippen molar-refractivity contribution in [1.82, 2.24) is 10.0 Å². The van der Waals surface area contributed by atoms with Gasteiger partial charge in [-0.2, -0.15) is 13.2 Å². The van der Waals surface area contributed by atoms with Gasteiger partial charge in [0.1, 0.15) is 4.88 Å². The fraction of sp³-hybridized carbons (Fsp3) is 0.0769. The number of hydrogen-bond acceptors (Lipinski definition) is 6. The third kappa shape index (κ3) is 2.46. The van der Waals surface area contributed by atoms with Crippen LogP contribution in [0.2, 0.25) is 0 Å². The fourth-order valence-corrected chi connectivity index (χ4v) is 2.64. The van der Waals surface area contributed by atoms with Gasteiger partial charge in [0.05, 0.1) is 16.6 Å². The summed E-state index contributed by atoms with van der Waals surface area (Å²) >= 11 is 0.399. The number of hydroxylamine groups is 2. The molecule has 0 fully saturated rings. The van der Waals surface area contributed by atoms with Gasteiger partial charge in [0.2, 0.25) is 0 Å². The van der Waals surface area contributed by atoms with Crippen molar-refractivity contribution in [1.29, 1.82) is 0 Å². The molecule has 2 heterocycles. The quantitative estimate of drug-likeness (QED) is 0.784. The number of benzene rings is 1. The summed E-state index contributed by atoms with van der Waals surface area (Å²) in [4.78, 5) is 42.6. The Labute approximate surface area is 130 Å². The van der Waals surface area contributed by atoms with E-state index in [-0.39, 0.29) is 16.2 Å². The van der Waals surface area contributed by atoms with E-state index in [1.807, 2.05) is 0 Å². The summed E-state index contributed by atoms with van der Waals surface area (Å²) in [5, 5.41) is 0.146. The lowest BCUT2D eigenvalue weighted by Gasteiger charge is -2.12. The normalized spacial score (nSPS) is 14.1. The second-order valence-corrected chi connectivity index (χ2v) is 5.21. The Bertz CT molecular complexity index is 796. The van der Waals surface area contributed by atoms with E-state index in [1.165, 1.54) is 24.3 Å². The van der Waals surface area contributed by atoms with E-state index in [4.69, 9.17) is 0 Å². The molecule has 0 spiro atoms. The lowest BCUT2D eigenvalue weighted by atomic mass is 10.1. The molecule has 1 aromatic heterocycles. The molecule has 1 aromatic carbocycles. The second-order valence-electron chi connectivity index (χ2n) is 4.36. The van der Waals surface area contributed by atoms with Gasteiger partial charge in [-0.25, -0.2) is 9.78 Å². The lowest BCUT2D eigenvalue weighted by molar-refractivity contribution is -0.141. The van der Waals surface area contributed by atoms with E-state index >= 15 is 0 Å². The first kappa shape index (κ1) is 15.2. The number of aromatic nitrogens is 1. The number of amides is 2. The number of fused-ring (bicyclic) bond motifs is 1. The van der Waals surface area contributed by atoms with Gasteiger partial charge in [0.25, 0.3) is 11.8 Å². The van der Waals surface area contributed by atoms with Crippen molar-refractivity contribution < 1.29 is 32.4 Å². The van der Waals surface area contributed by atoms with Crippen LogP contribution in [0.3, 0.4) is 0 Å². The molecule has 1 aliphatic heterocycles. The minimum absolute atomic E-state index is 0.00523. The first-order valence-corrected chi connectivity index (χ1v) is 6.89. The molecule has 6 nitrogen and oxygen atoms in total. The van der Waals surface area contributed by atoms with Crippen molar-refractivity contribution >= 4 is 29.1 Å². The standard InChI is InChI=1S/C13H5F3N2O4S/c14-13(15,16)9-8(23-5-17-9)12(21)22-18-10(19)6-3-1-2-4-7(6)11(18)20/h1-5H. The van der Waals surface area contributed by atoms with Gasteiger partial charge in [-0.1, -0.05) is 17.2 Å². The van der Waals surface area contributed by atoms with Crippen LogP contribution in [0.5, 0.6) is 0 Å². The molecule has 118 valence electrons. The highest BCUT2D eigenvalue weighted by Crippen LogP contribution is 2.33. The average molecular weight is 342 g/mol. The van der Waals surface area contributed by atoms with Crippen LogP contribution in [0.4, 0.5) is 13.2 Å². The van der Waals surface area contributed by atoms with Gasteiger partial charge in [0.15, 0.2) is 5.69 Å². The minimum Gasteiger partial charge on any atom is -0.323 e. The SMILES string of the molecule is O=C(ON1C(=O)c2ccccc2C1=O)c1scnc1C(F)(F)F. The first-order valence-electron chi connectivity index (χ1n) is 6.01. The van der Waals surface area contributed by atoms with Crippen LogP contribution in [0.15, 0.2) is 29.8 Å². The number of hydrogen-bond donors (Lipinski definition) is 0. The van der Waals surface area contributed by atoms with Gasteiger partial charge < -0.3 is 4.84 Å². The molecule has 0 bridgehead atoms. The van der Waals surface area contributed by atoms with Crippen molar-refractivity contribution in [2.24, 2.45) is 0 Å². The van der Waals surface area contributed by atoms with Crippen molar-refractivity contribution in [2.75, 3.05) is 0 Å². The molecule has 0 atom stereocenters. The fourth-order valence-electron chi connectivity index (χ4n) is 1.97. The van der Waals surface area contributed by atoms with E-state index in [0.717, 1.165) is 5.51 Å². The topological polar surface area (TPSA) is 76.6 Å². The maximum absolute atomic E-state index is 12.7.